The van der Waals surface area contributed by atoms with Gasteiger partial charge in [0.2, 0.25) is 5.91 Å². The Labute approximate surface area is 79.2 Å². The zero-order valence-corrected chi connectivity index (χ0v) is 8.36. The van der Waals surface area contributed by atoms with Crippen molar-refractivity contribution in [1.29, 1.82) is 0 Å². The van der Waals surface area contributed by atoms with Gasteiger partial charge in [-0.25, -0.2) is 0 Å². The fourth-order valence-corrected chi connectivity index (χ4v) is 1.14. The van der Waals surface area contributed by atoms with E-state index in [0.717, 1.165) is 0 Å². The molecular weight excluding hydrogens is 170 g/mol. The normalized spacial score (nSPS) is 10.5. The Balaban J connectivity index is 3.95. The first kappa shape index (κ1) is 12.4. The van der Waals surface area contributed by atoms with Gasteiger partial charge in [-0.15, -0.1) is 0 Å². The fourth-order valence-electron chi connectivity index (χ4n) is 1.14. The number of hydrogen-bond acceptors (Lipinski definition) is 3. The first-order valence-electron chi connectivity index (χ1n) is 4.69. The van der Waals surface area contributed by atoms with Crippen LogP contribution < -0.4 is 0 Å². The van der Waals surface area contributed by atoms with Gasteiger partial charge in [0, 0.05) is 38.6 Å². The van der Waals surface area contributed by atoms with Crippen molar-refractivity contribution >= 4 is 5.91 Å². The molecule has 0 radical (unpaired) electrons. The minimum Gasteiger partial charge on any atom is -0.396 e. The van der Waals surface area contributed by atoms with Crippen molar-refractivity contribution in [3.05, 3.63) is 0 Å². The van der Waals surface area contributed by atoms with Gasteiger partial charge >= 0.3 is 0 Å². The molecule has 0 aliphatic rings. The van der Waals surface area contributed by atoms with E-state index in [1.807, 2.05) is 13.8 Å². The molecule has 2 N–H and O–H groups in total. The summed E-state index contributed by atoms with van der Waals surface area (Å²) in [6, 6.07) is 0. The van der Waals surface area contributed by atoms with Gasteiger partial charge < -0.3 is 15.1 Å². The third kappa shape index (κ3) is 4.24. The van der Waals surface area contributed by atoms with Gasteiger partial charge in [-0.05, 0) is 13.8 Å². The van der Waals surface area contributed by atoms with E-state index in [-0.39, 0.29) is 31.5 Å². The summed E-state index contributed by atoms with van der Waals surface area (Å²) in [4.78, 5) is 13.1. The van der Waals surface area contributed by atoms with Crippen LogP contribution in [0.4, 0.5) is 0 Å². The summed E-state index contributed by atoms with van der Waals surface area (Å²) in [6.45, 7) is 4.91. The summed E-state index contributed by atoms with van der Waals surface area (Å²) in [5.74, 6) is -0.314. The summed E-state index contributed by atoms with van der Waals surface area (Å²) in [5.41, 5.74) is 0. The molecule has 78 valence electrons. The van der Waals surface area contributed by atoms with E-state index in [1.54, 1.807) is 4.90 Å². The van der Waals surface area contributed by atoms with Crippen LogP contribution in [0.3, 0.4) is 0 Å². The molecule has 0 unspecified atom stereocenters. The maximum absolute atomic E-state index is 11.4. The monoisotopic (exact) mass is 189 g/mol. The molecule has 0 aromatic rings. The summed E-state index contributed by atoms with van der Waals surface area (Å²) < 4.78 is 0. The zero-order chi connectivity index (χ0) is 10.3. The molecule has 0 heterocycles. The smallest absolute Gasteiger partial charge is 0.223 e. The van der Waals surface area contributed by atoms with Crippen LogP contribution >= 0.6 is 0 Å². The van der Waals surface area contributed by atoms with Crippen LogP contribution in [0.5, 0.6) is 0 Å². The van der Waals surface area contributed by atoms with E-state index in [4.69, 9.17) is 10.2 Å². The zero-order valence-electron chi connectivity index (χ0n) is 8.36. The number of aliphatic hydroxyl groups is 2. The van der Waals surface area contributed by atoms with Crippen LogP contribution in [0.15, 0.2) is 0 Å². The third-order valence-electron chi connectivity index (χ3n) is 2.10. The molecule has 0 atom stereocenters. The van der Waals surface area contributed by atoms with Gasteiger partial charge in [0.05, 0.1) is 0 Å². The van der Waals surface area contributed by atoms with E-state index in [1.165, 1.54) is 0 Å². The molecule has 0 rings (SSSR count). The van der Waals surface area contributed by atoms with Gasteiger partial charge in [0.25, 0.3) is 0 Å². The minimum absolute atomic E-state index is 0.00176. The summed E-state index contributed by atoms with van der Waals surface area (Å²) in [6.07, 6.45) is 0.231. The summed E-state index contributed by atoms with van der Waals surface area (Å²) in [5, 5.41) is 17.5. The average molecular weight is 189 g/mol. The first-order chi connectivity index (χ1) is 6.19. The van der Waals surface area contributed by atoms with Gasteiger partial charge in [-0.2, -0.15) is 0 Å². The molecule has 0 saturated carbocycles. The number of aliphatic hydroxyl groups excluding tert-OH is 2. The quantitative estimate of drug-likeness (QED) is 0.610. The molecule has 0 spiro atoms. The molecule has 4 nitrogen and oxygen atoms in total. The number of rotatable bonds is 6. The second-order valence-electron chi connectivity index (χ2n) is 3.00. The van der Waals surface area contributed by atoms with Crippen molar-refractivity contribution < 1.29 is 15.0 Å². The highest BCUT2D eigenvalue weighted by atomic mass is 16.3. The molecule has 1 amide bonds. The van der Waals surface area contributed by atoms with Gasteiger partial charge in [0.15, 0.2) is 0 Å². The Morgan fingerprint density at radius 1 is 1.23 bits per heavy atom. The van der Waals surface area contributed by atoms with Crippen molar-refractivity contribution in [2.45, 2.75) is 20.3 Å². The lowest BCUT2D eigenvalue weighted by Crippen LogP contribution is -2.33. The highest BCUT2D eigenvalue weighted by Gasteiger charge is 2.15. The Bertz CT molecular complexity index is 142. The molecule has 0 bridgehead atoms. The predicted octanol–water partition coefficient (Wildman–Crippen LogP) is -0.154. The Morgan fingerprint density at radius 3 is 2.00 bits per heavy atom. The molecule has 4 heteroatoms. The maximum atomic E-state index is 11.4. The van der Waals surface area contributed by atoms with E-state index >= 15 is 0 Å². The van der Waals surface area contributed by atoms with Crippen molar-refractivity contribution in [2.24, 2.45) is 5.92 Å². The summed E-state index contributed by atoms with van der Waals surface area (Å²) >= 11 is 0. The van der Waals surface area contributed by atoms with Crippen LogP contribution in [0.25, 0.3) is 0 Å². The minimum atomic E-state index is -0.312. The van der Waals surface area contributed by atoms with Crippen molar-refractivity contribution in [3.63, 3.8) is 0 Å². The number of nitrogens with zero attached hydrogens (tertiary/aromatic N) is 1. The molecular formula is C9H19NO3. The summed E-state index contributed by atoms with van der Waals surface area (Å²) in [7, 11) is 0. The molecule has 0 aromatic carbocycles. The van der Waals surface area contributed by atoms with Crippen molar-refractivity contribution in [3.8, 4) is 0 Å². The van der Waals surface area contributed by atoms with Gasteiger partial charge in [-0.3, -0.25) is 4.79 Å². The van der Waals surface area contributed by atoms with E-state index in [9.17, 15) is 4.79 Å². The lowest BCUT2D eigenvalue weighted by atomic mass is 10.1. The predicted molar refractivity (Wildman–Crippen MR) is 50.2 cm³/mol. The molecule has 13 heavy (non-hydrogen) atoms. The lowest BCUT2D eigenvalue weighted by Gasteiger charge is -2.20. The van der Waals surface area contributed by atoms with Crippen LogP contribution in [0.2, 0.25) is 0 Å². The largest absolute Gasteiger partial charge is 0.396 e. The second kappa shape index (κ2) is 6.86. The third-order valence-corrected chi connectivity index (χ3v) is 2.10. The number of carbonyl (C=O) groups is 1. The van der Waals surface area contributed by atoms with Crippen LogP contribution in [0.1, 0.15) is 20.3 Å². The fraction of sp³-hybridized carbons (Fsp3) is 0.889. The SMILES string of the molecule is CCN(CC)C(=O)CC(CO)CO. The van der Waals surface area contributed by atoms with Crippen LogP contribution in [-0.2, 0) is 4.79 Å². The van der Waals surface area contributed by atoms with Crippen LogP contribution in [-0.4, -0.2) is 47.3 Å². The molecule has 0 aliphatic carbocycles. The number of carbonyl (C=O) groups excluding carboxylic acids is 1. The Hall–Kier alpha value is -0.610. The van der Waals surface area contributed by atoms with Gasteiger partial charge in [-0.1, -0.05) is 0 Å². The first-order valence-corrected chi connectivity index (χ1v) is 4.69. The van der Waals surface area contributed by atoms with Crippen molar-refractivity contribution in [1.82, 2.24) is 4.90 Å². The van der Waals surface area contributed by atoms with Gasteiger partial charge in [0.1, 0.15) is 0 Å². The standard InChI is InChI=1S/C9H19NO3/c1-3-10(4-2)9(13)5-8(6-11)7-12/h8,11-12H,3-7H2,1-2H3. The Kier molecular flexibility index (Phi) is 6.54. The molecule has 0 aromatic heterocycles. The second-order valence-corrected chi connectivity index (χ2v) is 3.00. The lowest BCUT2D eigenvalue weighted by molar-refractivity contribution is -0.132. The maximum Gasteiger partial charge on any atom is 0.223 e. The molecule has 0 aliphatic heterocycles. The Morgan fingerprint density at radius 2 is 1.69 bits per heavy atom. The topological polar surface area (TPSA) is 60.8 Å². The number of amides is 1. The number of hydrogen-bond donors (Lipinski definition) is 2. The van der Waals surface area contributed by atoms with Crippen molar-refractivity contribution in [2.75, 3.05) is 26.3 Å². The highest BCUT2D eigenvalue weighted by molar-refractivity contribution is 5.76. The average Bonchev–Trinajstić information content (AvgIpc) is 2.16. The van der Waals surface area contributed by atoms with E-state index < -0.39 is 0 Å². The van der Waals surface area contributed by atoms with Crippen LogP contribution in [0, 0.1) is 5.92 Å². The molecule has 0 fully saturated rings. The van der Waals surface area contributed by atoms with E-state index in [2.05, 4.69) is 0 Å². The van der Waals surface area contributed by atoms with E-state index in [0.29, 0.717) is 13.1 Å². The molecule has 0 saturated heterocycles. The highest BCUT2D eigenvalue weighted by Crippen LogP contribution is 2.04.